The Balaban J connectivity index is 0.000001000. The molecule has 1 rings (SSSR count). The first-order valence-electron chi connectivity index (χ1n) is 2.43. The van der Waals surface area contributed by atoms with Gasteiger partial charge in [0.25, 0.3) is 0 Å². The van der Waals surface area contributed by atoms with Crippen LogP contribution in [0.25, 0.3) is 0 Å². The van der Waals surface area contributed by atoms with E-state index in [0.29, 0.717) is 4.21 Å². The van der Waals surface area contributed by atoms with Crippen molar-refractivity contribution in [3.8, 4) is 0 Å². The second kappa shape index (κ2) is 3.64. The zero-order valence-electron chi connectivity index (χ0n) is 4.87. The molecule has 0 fully saturated rings. The monoisotopic (exact) mass is 191 g/mol. The molecule has 0 spiro atoms. The zero-order valence-corrected chi connectivity index (χ0v) is 6.58. The Bertz CT molecular complexity index is 270. The average molecular weight is 191 g/mol. The standard InChI is InChI=1S/C5H5NO2S2.CH4/c6-2-1-3(9)10-4(2)5(7)8;/h1,9H,6H2,(H,7,8);1H4. The highest BCUT2D eigenvalue weighted by Crippen LogP contribution is 2.26. The van der Waals surface area contributed by atoms with Crippen LogP contribution in [0.2, 0.25) is 0 Å². The third-order valence-corrected chi connectivity index (χ3v) is 2.29. The van der Waals surface area contributed by atoms with Crippen LogP contribution in [0.1, 0.15) is 17.1 Å². The molecule has 62 valence electrons. The van der Waals surface area contributed by atoms with Crippen molar-refractivity contribution in [2.75, 3.05) is 5.73 Å². The molecule has 0 saturated heterocycles. The number of hydrogen-bond acceptors (Lipinski definition) is 4. The summed E-state index contributed by atoms with van der Waals surface area (Å²) in [6, 6.07) is 1.53. The molecular formula is C6H9NO2S2. The number of aromatic carboxylic acids is 1. The molecule has 0 aliphatic carbocycles. The van der Waals surface area contributed by atoms with Gasteiger partial charge in [-0.1, -0.05) is 7.43 Å². The van der Waals surface area contributed by atoms with E-state index < -0.39 is 5.97 Å². The number of nitrogens with two attached hydrogens (primary N) is 1. The summed E-state index contributed by atoms with van der Waals surface area (Å²) in [6.07, 6.45) is 0. The molecule has 0 aliphatic rings. The lowest BCUT2D eigenvalue weighted by molar-refractivity contribution is 0.0703. The predicted molar refractivity (Wildman–Crippen MR) is 49.7 cm³/mol. The molecule has 1 heterocycles. The highest BCUT2D eigenvalue weighted by atomic mass is 32.2. The quantitative estimate of drug-likeness (QED) is 0.594. The van der Waals surface area contributed by atoms with Crippen LogP contribution in [0.3, 0.4) is 0 Å². The molecule has 1 aromatic rings. The summed E-state index contributed by atoms with van der Waals surface area (Å²) in [5.41, 5.74) is 5.60. The third-order valence-electron chi connectivity index (χ3n) is 0.942. The van der Waals surface area contributed by atoms with Crippen molar-refractivity contribution < 1.29 is 9.90 Å². The minimum absolute atomic E-state index is 0. The van der Waals surface area contributed by atoms with E-state index in [1.165, 1.54) is 6.07 Å². The van der Waals surface area contributed by atoms with Gasteiger partial charge in [-0.2, -0.15) is 0 Å². The van der Waals surface area contributed by atoms with Crippen molar-refractivity contribution in [2.45, 2.75) is 11.6 Å². The number of thiophene rings is 1. The van der Waals surface area contributed by atoms with E-state index in [1.807, 2.05) is 0 Å². The highest BCUT2D eigenvalue weighted by molar-refractivity contribution is 7.83. The fourth-order valence-corrected chi connectivity index (χ4v) is 1.63. The molecule has 3 nitrogen and oxygen atoms in total. The van der Waals surface area contributed by atoms with E-state index in [9.17, 15) is 4.79 Å². The predicted octanol–water partition coefficient (Wildman–Crippen LogP) is 1.95. The van der Waals surface area contributed by atoms with Crippen molar-refractivity contribution in [1.29, 1.82) is 0 Å². The smallest absolute Gasteiger partial charge is 0.348 e. The molecule has 0 aromatic carbocycles. The highest BCUT2D eigenvalue weighted by Gasteiger charge is 2.10. The lowest BCUT2D eigenvalue weighted by atomic mass is 10.4. The molecule has 0 amide bonds. The zero-order chi connectivity index (χ0) is 7.72. The normalized spacial score (nSPS) is 8.82. The number of carboxylic acid groups (broad SMARTS) is 1. The van der Waals surface area contributed by atoms with E-state index >= 15 is 0 Å². The maximum atomic E-state index is 10.3. The van der Waals surface area contributed by atoms with Crippen LogP contribution in [-0.4, -0.2) is 11.1 Å². The molecule has 0 radical (unpaired) electrons. The first-order chi connectivity index (χ1) is 4.61. The van der Waals surface area contributed by atoms with Gasteiger partial charge >= 0.3 is 5.97 Å². The first kappa shape index (κ1) is 10.3. The minimum Gasteiger partial charge on any atom is -0.477 e. The SMILES string of the molecule is C.Nc1cc(S)sc1C(=O)O. The minimum atomic E-state index is -0.997. The third kappa shape index (κ3) is 2.13. The number of thiol groups is 1. The van der Waals surface area contributed by atoms with Crippen molar-refractivity contribution in [3.63, 3.8) is 0 Å². The van der Waals surface area contributed by atoms with Gasteiger partial charge in [-0.3, -0.25) is 0 Å². The van der Waals surface area contributed by atoms with Crippen LogP contribution in [0.15, 0.2) is 10.3 Å². The Morgan fingerprint density at radius 2 is 2.27 bits per heavy atom. The summed E-state index contributed by atoms with van der Waals surface area (Å²) in [5, 5.41) is 8.48. The molecule has 0 unspecified atom stereocenters. The maximum absolute atomic E-state index is 10.3. The Kier molecular flexibility index (Phi) is 3.41. The van der Waals surface area contributed by atoms with Crippen molar-refractivity contribution >= 4 is 35.6 Å². The second-order valence-electron chi connectivity index (χ2n) is 1.67. The molecule has 1 aromatic heterocycles. The first-order valence-corrected chi connectivity index (χ1v) is 3.69. The fraction of sp³-hybridized carbons (Fsp3) is 0.167. The van der Waals surface area contributed by atoms with Crippen LogP contribution < -0.4 is 5.73 Å². The molecule has 0 bridgehead atoms. The molecule has 3 N–H and O–H groups in total. The Morgan fingerprint density at radius 1 is 1.73 bits per heavy atom. The number of anilines is 1. The topological polar surface area (TPSA) is 63.3 Å². The van der Waals surface area contributed by atoms with Crippen molar-refractivity contribution in [3.05, 3.63) is 10.9 Å². The van der Waals surface area contributed by atoms with Crippen LogP contribution in [0.4, 0.5) is 5.69 Å². The largest absolute Gasteiger partial charge is 0.477 e. The Labute approximate surface area is 74.3 Å². The summed E-state index contributed by atoms with van der Waals surface area (Å²) >= 11 is 5.01. The maximum Gasteiger partial charge on any atom is 0.348 e. The number of carbonyl (C=O) groups is 1. The fourth-order valence-electron chi connectivity index (χ4n) is 0.559. The van der Waals surface area contributed by atoms with E-state index in [0.717, 1.165) is 11.3 Å². The number of hydrogen-bond donors (Lipinski definition) is 3. The van der Waals surface area contributed by atoms with Crippen molar-refractivity contribution in [2.24, 2.45) is 0 Å². The summed E-state index contributed by atoms with van der Waals surface area (Å²) in [6.45, 7) is 0. The van der Waals surface area contributed by atoms with Crippen molar-refractivity contribution in [1.82, 2.24) is 0 Å². The lowest BCUT2D eigenvalue weighted by Crippen LogP contribution is -1.96. The van der Waals surface area contributed by atoms with Crippen LogP contribution >= 0.6 is 24.0 Å². The average Bonchev–Trinajstić information content (AvgIpc) is 2.10. The molecule has 0 atom stereocenters. The van der Waals surface area contributed by atoms with E-state index in [-0.39, 0.29) is 18.0 Å². The van der Waals surface area contributed by atoms with Gasteiger partial charge in [-0.25, -0.2) is 4.79 Å². The number of nitrogen functional groups attached to an aromatic ring is 1. The molecular weight excluding hydrogens is 182 g/mol. The molecule has 0 saturated carbocycles. The Morgan fingerprint density at radius 3 is 2.45 bits per heavy atom. The van der Waals surface area contributed by atoms with Gasteiger partial charge in [0, 0.05) is 0 Å². The van der Waals surface area contributed by atoms with Crippen LogP contribution in [-0.2, 0) is 0 Å². The van der Waals surface area contributed by atoms with Gasteiger partial charge in [0.2, 0.25) is 0 Å². The summed E-state index contributed by atoms with van der Waals surface area (Å²) in [5.74, 6) is -0.997. The van der Waals surface area contributed by atoms with Gasteiger partial charge in [-0.05, 0) is 6.07 Å². The number of rotatable bonds is 1. The summed E-state index contributed by atoms with van der Waals surface area (Å²) < 4.78 is 0.620. The van der Waals surface area contributed by atoms with E-state index in [1.54, 1.807) is 0 Å². The van der Waals surface area contributed by atoms with Crippen LogP contribution in [0, 0.1) is 0 Å². The number of carboxylic acids is 1. The van der Waals surface area contributed by atoms with Gasteiger partial charge in [0.15, 0.2) is 0 Å². The van der Waals surface area contributed by atoms with Gasteiger partial charge in [0.05, 0.1) is 9.90 Å². The molecule has 0 aliphatic heterocycles. The second-order valence-corrected chi connectivity index (χ2v) is 3.51. The Hall–Kier alpha value is -0.680. The van der Waals surface area contributed by atoms with Crippen LogP contribution in [0.5, 0.6) is 0 Å². The molecule has 11 heavy (non-hydrogen) atoms. The lowest BCUT2D eigenvalue weighted by Gasteiger charge is -1.86. The van der Waals surface area contributed by atoms with Gasteiger partial charge in [0.1, 0.15) is 4.88 Å². The summed E-state index contributed by atoms with van der Waals surface area (Å²) in [7, 11) is 0. The van der Waals surface area contributed by atoms with E-state index in [4.69, 9.17) is 10.8 Å². The molecule has 5 heteroatoms. The summed E-state index contributed by atoms with van der Waals surface area (Å²) in [4.78, 5) is 10.5. The van der Waals surface area contributed by atoms with E-state index in [2.05, 4.69) is 12.6 Å². The van der Waals surface area contributed by atoms with Gasteiger partial charge in [-0.15, -0.1) is 24.0 Å². The van der Waals surface area contributed by atoms with Gasteiger partial charge < -0.3 is 10.8 Å².